The van der Waals surface area contributed by atoms with E-state index in [1.807, 2.05) is 0 Å². The van der Waals surface area contributed by atoms with Gasteiger partial charge in [0.25, 0.3) is 0 Å². The van der Waals surface area contributed by atoms with Crippen molar-refractivity contribution in [3.8, 4) is 0 Å². The van der Waals surface area contributed by atoms with E-state index in [0.29, 0.717) is 0 Å². The lowest BCUT2D eigenvalue weighted by atomic mass is 9.89. The molecule has 0 spiro atoms. The number of rotatable bonds is 4. The lowest BCUT2D eigenvalue weighted by Crippen LogP contribution is -2.19. The zero-order valence-corrected chi connectivity index (χ0v) is 7.60. The summed E-state index contributed by atoms with van der Waals surface area (Å²) >= 11 is 0. The Labute approximate surface area is 70.6 Å². The van der Waals surface area contributed by atoms with E-state index in [1.165, 1.54) is 38.5 Å². The Bertz CT molecular complexity index is 84.9. The number of hydrogen-bond acceptors (Lipinski definition) is 1. The van der Waals surface area contributed by atoms with Crippen molar-refractivity contribution < 1.29 is 0 Å². The Kier molecular flexibility index (Phi) is 4.60. The fourth-order valence-corrected chi connectivity index (χ4v) is 1.70. The van der Waals surface area contributed by atoms with Crippen molar-refractivity contribution in [2.75, 3.05) is 6.54 Å². The van der Waals surface area contributed by atoms with E-state index < -0.39 is 0 Å². The molecule has 1 saturated carbocycles. The minimum Gasteiger partial charge on any atom is -0.312 e. The predicted molar refractivity (Wildman–Crippen MR) is 49.2 cm³/mol. The SMILES string of the molecule is CCCN[CH]C1CCCCC1. The van der Waals surface area contributed by atoms with Crippen LogP contribution in [0.2, 0.25) is 0 Å². The fourth-order valence-electron chi connectivity index (χ4n) is 1.70. The molecule has 1 fully saturated rings. The van der Waals surface area contributed by atoms with Gasteiger partial charge < -0.3 is 5.32 Å². The summed E-state index contributed by atoms with van der Waals surface area (Å²) < 4.78 is 0. The summed E-state index contributed by atoms with van der Waals surface area (Å²) in [6, 6.07) is 0. The number of nitrogens with one attached hydrogen (secondary N) is 1. The normalized spacial score (nSPS) is 20.5. The molecule has 0 heterocycles. The number of hydrogen-bond donors (Lipinski definition) is 1. The molecule has 0 amide bonds. The predicted octanol–water partition coefficient (Wildman–Crippen LogP) is 2.73. The first-order valence-electron chi connectivity index (χ1n) is 5.00. The van der Waals surface area contributed by atoms with Crippen molar-refractivity contribution in [2.45, 2.75) is 45.4 Å². The van der Waals surface area contributed by atoms with E-state index in [9.17, 15) is 0 Å². The summed E-state index contributed by atoms with van der Waals surface area (Å²) in [5, 5.41) is 3.38. The largest absolute Gasteiger partial charge is 0.312 e. The fraction of sp³-hybridized carbons (Fsp3) is 0.900. The monoisotopic (exact) mass is 154 g/mol. The van der Waals surface area contributed by atoms with Gasteiger partial charge in [-0.1, -0.05) is 26.2 Å². The Hall–Kier alpha value is -0.0400. The summed E-state index contributed by atoms with van der Waals surface area (Å²) in [7, 11) is 0. The molecule has 0 aromatic rings. The highest BCUT2D eigenvalue weighted by molar-refractivity contribution is 4.76. The van der Waals surface area contributed by atoms with E-state index in [4.69, 9.17) is 0 Å². The van der Waals surface area contributed by atoms with Crippen LogP contribution in [-0.2, 0) is 0 Å². The van der Waals surface area contributed by atoms with Crippen molar-refractivity contribution in [2.24, 2.45) is 5.92 Å². The van der Waals surface area contributed by atoms with E-state index in [0.717, 1.165) is 12.5 Å². The van der Waals surface area contributed by atoms with E-state index >= 15 is 0 Å². The van der Waals surface area contributed by atoms with E-state index in [1.54, 1.807) is 0 Å². The molecule has 11 heavy (non-hydrogen) atoms. The van der Waals surface area contributed by atoms with Gasteiger partial charge in [-0.3, -0.25) is 0 Å². The van der Waals surface area contributed by atoms with Gasteiger partial charge in [0.05, 0.1) is 0 Å². The van der Waals surface area contributed by atoms with Crippen LogP contribution in [0.5, 0.6) is 0 Å². The maximum Gasteiger partial charge on any atom is 0.0252 e. The van der Waals surface area contributed by atoms with E-state index in [-0.39, 0.29) is 0 Å². The average Bonchev–Trinajstić information content (AvgIpc) is 2.07. The molecule has 0 saturated heterocycles. The summed E-state index contributed by atoms with van der Waals surface area (Å²) in [6.07, 6.45) is 8.40. The first-order chi connectivity index (χ1) is 5.43. The Balaban J connectivity index is 1.96. The maximum absolute atomic E-state index is 3.38. The second-order valence-electron chi connectivity index (χ2n) is 3.52. The first kappa shape index (κ1) is 9.05. The molecule has 0 aliphatic heterocycles. The summed E-state index contributed by atoms with van der Waals surface area (Å²) in [5.41, 5.74) is 0. The van der Waals surface area contributed by atoms with Gasteiger partial charge in [0.1, 0.15) is 0 Å². The third-order valence-corrected chi connectivity index (χ3v) is 2.40. The summed E-state index contributed by atoms with van der Waals surface area (Å²) in [5.74, 6) is 0.871. The highest BCUT2D eigenvalue weighted by Gasteiger charge is 2.12. The molecule has 65 valence electrons. The lowest BCUT2D eigenvalue weighted by Gasteiger charge is -2.21. The van der Waals surface area contributed by atoms with Crippen LogP contribution in [-0.4, -0.2) is 6.54 Å². The minimum atomic E-state index is 0.871. The Morgan fingerprint density at radius 2 is 2.00 bits per heavy atom. The van der Waals surface area contributed by atoms with Crippen molar-refractivity contribution in [3.63, 3.8) is 0 Å². The van der Waals surface area contributed by atoms with Gasteiger partial charge in [0.2, 0.25) is 0 Å². The molecule has 1 heteroatoms. The minimum absolute atomic E-state index is 0.871. The zero-order valence-electron chi connectivity index (χ0n) is 7.60. The first-order valence-corrected chi connectivity index (χ1v) is 5.00. The molecule has 0 atom stereocenters. The van der Waals surface area contributed by atoms with Crippen LogP contribution in [0.3, 0.4) is 0 Å². The highest BCUT2D eigenvalue weighted by Crippen LogP contribution is 2.24. The average molecular weight is 154 g/mol. The van der Waals surface area contributed by atoms with Gasteiger partial charge in [-0.25, -0.2) is 0 Å². The molecule has 1 aliphatic carbocycles. The van der Waals surface area contributed by atoms with Crippen LogP contribution in [0, 0.1) is 12.5 Å². The Morgan fingerprint density at radius 1 is 1.27 bits per heavy atom. The molecular weight excluding hydrogens is 134 g/mol. The second-order valence-corrected chi connectivity index (χ2v) is 3.52. The molecular formula is C10H20N. The standard InChI is InChI=1S/C10H20N/c1-2-8-11-9-10-6-4-3-5-7-10/h9-11H,2-8H2,1H3. The van der Waals surface area contributed by atoms with Gasteiger partial charge in [0.15, 0.2) is 0 Å². The van der Waals surface area contributed by atoms with Gasteiger partial charge >= 0.3 is 0 Å². The molecule has 1 N–H and O–H groups in total. The molecule has 0 bridgehead atoms. The highest BCUT2D eigenvalue weighted by atomic mass is 14.8. The third-order valence-electron chi connectivity index (χ3n) is 2.40. The third kappa shape index (κ3) is 3.76. The van der Waals surface area contributed by atoms with Crippen LogP contribution < -0.4 is 5.32 Å². The van der Waals surface area contributed by atoms with Crippen molar-refractivity contribution >= 4 is 0 Å². The molecule has 1 rings (SSSR count). The van der Waals surface area contributed by atoms with Crippen molar-refractivity contribution in [1.29, 1.82) is 0 Å². The van der Waals surface area contributed by atoms with Crippen molar-refractivity contribution in [3.05, 3.63) is 6.54 Å². The van der Waals surface area contributed by atoms with Crippen LogP contribution >= 0.6 is 0 Å². The molecule has 1 nitrogen and oxygen atoms in total. The molecule has 1 aliphatic rings. The van der Waals surface area contributed by atoms with E-state index in [2.05, 4.69) is 18.8 Å². The van der Waals surface area contributed by atoms with Crippen LogP contribution in [0.4, 0.5) is 0 Å². The molecule has 0 aromatic carbocycles. The molecule has 1 radical (unpaired) electrons. The van der Waals surface area contributed by atoms with Crippen LogP contribution in [0.15, 0.2) is 0 Å². The van der Waals surface area contributed by atoms with Crippen LogP contribution in [0.25, 0.3) is 0 Å². The second kappa shape index (κ2) is 5.59. The van der Waals surface area contributed by atoms with Gasteiger partial charge in [-0.15, -0.1) is 0 Å². The quantitative estimate of drug-likeness (QED) is 0.614. The van der Waals surface area contributed by atoms with Crippen LogP contribution in [0.1, 0.15) is 45.4 Å². The summed E-state index contributed by atoms with van der Waals surface area (Å²) in [4.78, 5) is 0. The maximum atomic E-state index is 3.38. The lowest BCUT2D eigenvalue weighted by molar-refractivity contribution is 0.381. The van der Waals surface area contributed by atoms with Crippen molar-refractivity contribution in [1.82, 2.24) is 5.32 Å². The molecule has 0 unspecified atom stereocenters. The zero-order chi connectivity index (χ0) is 7.94. The van der Waals surface area contributed by atoms with Gasteiger partial charge in [0, 0.05) is 6.54 Å². The summed E-state index contributed by atoms with van der Waals surface area (Å²) in [6.45, 7) is 5.68. The Morgan fingerprint density at radius 3 is 2.64 bits per heavy atom. The molecule has 0 aromatic heterocycles. The smallest absolute Gasteiger partial charge is 0.0252 e. The van der Waals surface area contributed by atoms with Gasteiger partial charge in [-0.2, -0.15) is 0 Å². The topological polar surface area (TPSA) is 12.0 Å². The van der Waals surface area contributed by atoms with Gasteiger partial charge in [-0.05, 0) is 31.7 Å².